The first-order valence-electron chi connectivity index (χ1n) is 9.14. The highest BCUT2D eigenvalue weighted by atomic mass is 32.2. The number of halogens is 1. The molecule has 0 spiro atoms. The van der Waals surface area contributed by atoms with E-state index in [1.165, 1.54) is 35.2 Å². The van der Waals surface area contributed by atoms with Gasteiger partial charge in [-0.2, -0.15) is 0 Å². The molecular weight excluding hydrogens is 437 g/mol. The summed E-state index contributed by atoms with van der Waals surface area (Å²) in [5, 5.41) is 0.664. The number of aromatic nitrogens is 2. The highest BCUT2D eigenvalue weighted by Crippen LogP contribution is 2.33. The summed E-state index contributed by atoms with van der Waals surface area (Å²) in [5.74, 6) is -0.113. The second-order valence-corrected chi connectivity index (χ2v) is 9.35. The number of thiazole rings is 1. The molecule has 152 valence electrons. The predicted octanol–water partition coefficient (Wildman–Crippen LogP) is 5.88. The number of carbonyl (C=O) groups excluding carboxylic acids is 1. The Labute approximate surface area is 186 Å². The first-order chi connectivity index (χ1) is 14.6. The number of anilines is 1. The van der Waals surface area contributed by atoms with Gasteiger partial charge in [0.05, 0.1) is 22.5 Å². The van der Waals surface area contributed by atoms with Crippen LogP contribution in [-0.2, 0) is 11.3 Å². The molecule has 0 unspecified atom stereocenters. The molecule has 2 aromatic heterocycles. The lowest BCUT2D eigenvalue weighted by molar-refractivity contribution is -0.116. The number of hydrogen-bond acceptors (Lipinski definition) is 6. The lowest BCUT2D eigenvalue weighted by Gasteiger charge is -2.19. The Hall–Kier alpha value is -2.42. The van der Waals surface area contributed by atoms with Crippen LogP contribution in [0.2, 0.25) is 0 Å². The van der Waals surface area contributed by atoms with Gasteiger partial charge < -0.3 is 0 Å². The lowest BCUT2D eigenvalue weighted by Crippen LogP contribution is -2.31. The molecule has 0 N–H and O–H groups in total. The maximum Gasteiger partial charge on any atom is 0.239 e. The molecule has 0 aliphatic carbocycles. The van der Waals surface area contributed by atoms with Gasteiger partial charge in [0, 0.05) is 22.2 Å². The molecule has 0 aliphatic rings. The van der Waals surface area contributed by atoms with E-state index >= 15 is 0 Å². The summed E-state index contributed by atoms with van der Waals surface area (Å²) >= 11 is 4.57. The summed E-state index contributed by atoms with van der Waals surface area (Å²) in [6.07, 6.45) is 5.50. The monoisotopic (exact) mass is 455 g/mol. The van der Waals surface area contributed by atoms with Gasteiger partial charge >= 0.3 is 0 Å². The summed E-state index contributed by atoms with van der Waals surface area (Å²) < 4.78 is 14.2. The Morgan fingerprint density at radius 2 is 1.93 bits per heavy atom. The van der Waals surface area contributed by atoms with Gasteiger partial charge in [0.1, 0.15) is 5.82 Å². The van der Waals surface area contributed by atoms with Crippen LogP contribution >= 0.6 is 34.9 Å². The fourth-order valence-electron chi connectivity index (χ4n) is 2.83. The average molecular weight is 456 g/mol. The summed E-state index contributed by atoms with van der Waals surface area (Å²) in [7, 11) is 0. The van der Waals surface area contributed by atoms with Gasteiger partial charge in [0.2, 0.25) is 5.91 Å². The largest absolute Gasteiger partial charge is 0.283 e. The molecule has 4 nitrogen and oxygen atoms in total. The van der Waals surface area contributed by atoms with Crippen LogP contribution in [0.25, 0.3) is 10.2 Å². The lowest BCUT2D eigenvalue weighted by atomic mass is 10.2. The van der Waals surface area contributed by atoms with Crippen LogP contribution in [0.4, 0.5) is 9.52 Å². The van der Waals surface area contributed by atoms with Crippen LogP contribution in [0.1, 0.15) is 5.56 Å². The number of rotatable bonds is 7. The van der Waals surface area contributed by atoms with Crippen molar-refractivity contribution in [1.82, 2.24) is 9.97 Å². The number of amides is 1. The second-order valence-electron chi connectivity index (χ2n) is 6.41. The third kappa shape index (κ3) is 5.00. The first kappa shape index (κ1) is 20.8. The minimum absolute atomic E-state index is 0.0580. The van der Waals surface area contributed by atoms with Crippen molar-refractivity contribution in [3.63, 3.8) is 0 Å². The van der Waals surface area contributed by atoms with Gasteiger partial charge in [0.25, 0.3) is 0 Å². The van der Waals surface area contributed by atoms with E-state index in [9.17, 15) is 9.18 Å². The summed E-state index contributed by atoms with van der Waals surface area (Å²) in [6, 6.07) is 16.1. The van der Waals surface area contributed by atoms with E-state index in [2.05, 4.69) is 11.1 Å². The summed E-state index contributed by atoms with van der Waals surface area (Å²) in [5.41, 5.74) is 1.81. The highest BCUT2D eigenvalue weighted by molar-refractivity contribution is 8.00. The topological polar surface area (TPSA) is 46.1 Å². The molecule has 2 aromatic carbocycles. The van der Waals surface area contributed by atoms with Gasteiger partial charge in [-0.1, -0.05) is 17.4 Å². The maximum atomic E-state index is 13.2. The molecule has 8 heteroatoms. The third-order valence-corrected chi connectivity index (χ3v) is 7.12. The van der Waals surface area contributed by atoms with Crippen molar-refractivity contribution in [2.75, 3.05) is 16.9 Å². The number of carbonyl (C=O) groups is 1. The molecule has 0 radical (unpaired) electrons. The van der Waals surface area contributed by atoms with E-state index in [4.69, 9.17) is 4.98 Å². The van der Waals surface area contributed by atoms with Crippen LogP contribution < -0.4 is 4.90 Å². The van der Waals surface area contributed by atoms with E-state index in [-0.39, 0.29) is 17.5 Å². The number of pyridine rings is 1. The van der Waals surface area contributed by atoms with Gasteiger partial charge in [-0.15, -0.1) is 23.5 Å². The number of thioether (sulfide) groups is 2. The molecule has 0 saturated carbocycles. The molecule has 0 bridgehead atoms. The molecule has 0 fully saturated rings. The maximum absolute atomic E-state index is 13.2. The first-order valence-corrected chi connectivity index (χ1v) is 12.2. The zero-order valence-electron chi connectivity index (χ0n) is 16.1. The van der Waals surface area contributed by atoms with Gasteiger partial charge in [0.15, 0.2) is 5.13 Å². The van der Waals surface area contributed by atoms with Crippen LogP contribution in [0.5, 0.6) is 0 Å². The smallest absolute Gasteiger partial charge is 0.239 e. The van der Waals surface area contributed by atoms with Gasteiger partial charge in [-0.25, -0.2) is 9.37 Å². The minimum Gasteiger partial charge on any atom is -0.283 e. The van der Waals surface area contributed by atoms with E-state index in [1.54, 1.807) is 41.2 Å². The normalized spacial score (nSPS) is 11.0. The number of fused-ring (bicyclic) bond motifs is 1. The SMILES string of the molecule is CSc1ccc2nc(N(Cc3cccnc3)C(=O)CSc3ccc(F)cc3)sc2c1. The summed E-state index contributed by atoms with van der Waals surface area (Å²) in [4.78, 5) is 25.7. The minimum atomic E-state index is -0.289. The molecule has 0 atom stereocenters. The van der Waals surface area contributed by atoms with Crippen LogP contribution in [0.3, 0.4) is 0 Å². The molecule has 30 heavy (non-hydrogen) atoms. The van der Waals surface area contributed by atoms with E-state index < -0.39 is 0 Å². The zero-order valence-corrected chi connectivity index (χ0v) is 18.6. The molecule has 4 rings (SSSR count). The van der Waals surface area contributed by atoms with Gasteiger partial charge in [-0.3, -0.25) is 14.7 Å². The Kier molecular flexibility index (Phi) is 6.66. The van der Waals surface area contributed by atoms with Crippen molar-refractivity contribution < 1.29 is 9.18 Å². The molecule has 0 saturated heterocycles. The fourth-order valence-corrected chi connectivity index (χ4v) is 5.14. The Balaban J connectivity index is 1.60. The fraction of sp³-hybridized carbons (Fsp3) is 0.136. The van der Waals surface area contributed by atoms with Crippen LogP contribution in [0, 0.1) is 5.82 Å². The average Bonchev–Trinajstić information content (AvgIpc) is 3.20. The standard InChI is InChI=1S/C22H18FN3OS3/c1-28-18-8-9-19-20(11-18)30-22(25-19)26(13-15-3-2-10-24-12-15)21(27)14-29-17-6-4-16(23)5-7-17/h2-12H,13-14H2,1H3. The van der Waals surface area contributed by atoms with Crippen LogP contribution in [0.15, 0.2) is 76.8 Å². The Morgan fingerprint density at radius 3 is 2.67 bits per heavy atom. The molecule has 1 amide bonds. The van der Waals surface area contributed by atoms with Crippen molar-refractivity contribution in [3.05, 3.63) is 78.4 Å². The van der Waals surface area contributed by atoms with E-state index in [0.717, 1.165) is 25.6 Å². The molecule has 2 heterocycles. The van der Waals surface area contributed by atoms with Crippen molar-refractivity contribution in [1.29, 1.82) is 0 Å². The van der Waals surface area contributed by atoms with Crippen molar-refractivity contribution in [2.24, 2.45) is 0 Å². The van der Waals surface area contributed by atoms with E-state index in [0.29, 0.717) is 11.7 Å². The van der Waals surface area contributed by atoms with Crippen molar-refractivity contribution >= 4 is 56.1 Å². The highest BCUT2D eigenvalue weighted by Gasteiger charge is 2.21. The summed E-state index contributed by atoms with van der Waals surface area (Å²) in [6.45, 7) is 0.395. The van der Waals surface area contributed by atoms with Gasteiger partial charge in [-0.05, 0) is 60.4 Å². The molecule has 0 aliphatic heterocycles. The quantitative estimate of drug-likeness (QED) is 0.326. The van der Waals surface area contributed by atoms with Crippen molar-refractivity contribution in [2.45, 2.75) is 16.3 Å². The van der Waals surface area contributed by atoms with Crippen molar-refractivity contribution in [3.8, 4) is 0 Å². The third-order valence-electron chi connectivity index (χ3n) is 4.36. The van der Waals surface area contributed by atoms with Crippen LogP contribution in [-0.4, -0.2) is 27.9 Å². The zero-order chi connectivity index (χ0) is 20.9. The molecule has 4 aromatic rings. The number of benzene rings is 2. The Morgan fingerprint density at radius 1 is 1.13 bits per heavy atom. The predicted molar refractivity (Wildman–Crippen MR) is 124 cm³/mol. The second kappa shape index (κ2) is 9.59. The Bertz CT molecular complexity index is 1150. The van der Waals surface area contributed by atoms with E-state index in [1.807, 2.05) is 30.5 Å². The number of nitrogens with zero attached hydrogens (tertiary/aromatic N) is 3. The molecular formula is C22H18FN3OS3. The number of hydrogen-bond donors (Lipinski definition) is 0.